The molecule has 8 nitrogen and oxygen atoms in total. The molecule has 6 atom stereocenters. The molecule has 0 aromatic heterocycles. The van der Waals surface area contributed by atoms with Gasteiger partial charge in [0.15, 0.2) is 0 Å². The molecular formula is C18H34N6O2. The molecule has 6 unspecified atom stereocenters. The second kappa shape index (κ2) is 8.67. The number of hydrogen-bond acceptors (Lipinski definition) is 7. The summed E-state index contributed by atoms with van der Waals surface area (Å²) in [4.78, 5) is 14.3. The van der Waals surface area contributed by atoms with E-state index in [-0.39, 0.29) is 24.3 Å². The summed E-state index contributed by atoms with van der Waals surface area (Å²) >= 11 is 0. The van der Waals surface area contributed by atoms with Crippen LogP contribution in [0.3, 0.4) is 0 Å². The molecule has 0 radical (unpaired) electrons. The minimum atomic E-state index is -0.459. The number of morpholine rings is 1. The van der Waals surface area contributed by atoms with Crippen LogP contribution in [0.15, 0.2) is 11.8 Å². The van der Waals surface area contributed by atoms with Gasteiger partial charge in [-0.05, 0) is 25.2 Å². The Hall–Kier alpha value is -1.19. The SMILES string of the molecule is CCC1NC(C(N)=O)C(NC2CC=C(N3CCOCC3)C(C)C2)NC1N. The Morgan fingerprint density at radius 3 is 2.73 bits per heavy atom. The Bertz CT molecular complexity index is 522. The summed E-state index contributed by atoms with van der Waals surface area (Å²) in [5, 5.41) is 10.2. The molecule has 148 valence electrons. The van der Waals surface area contributed by atoms with Crippen molar-refractivity contribution in [1.82, 2.24) is 20.9 Å². The van der Waals surface area contributed by atoms with Crippen molar-refractivity contribution in [2.24, 2.45) is 17.4 Å². The Balaban J connectivity index is 1.61. The van der Waals surface area contributed by atoms with E-state index < -0.39 is 6.04 Å². The number of nitrogens with one attached hydrogen (secondary N) is 3. The highest BCUT2D eigenvalue weighted by molar-refractivity contribution is 5.81. The van der Waals surface area contributed by atoms with Crippen molar-refractivity contribution in [1.29, 1.82) is 0 Å². The molecule has 26 heavy (non-hydrogen) atoms. The minimum Gasteiger partial charge on any atom is -0.378 e. The molecule has 3 rings (SSSR count). The second-order valence-corrected chi connectivity index (χ2v) is 7.70. The molecule has 0 aromatic carbocycles. The smallest absolute Gasteiger partial charge is 0.237 e. The van der Waals surface area contributed by atoms with Gasteiger partial charge in [-0.15, -0.1) is 0 Å². The lowest BCUT2D eigenvalue weighted by molar-refractivity contribution is -0.122. The van der Waals surface area contributed by atoms with Crippen molar-refractivity contribution in [2.45, 2.75) is 63.6 Å². The molecule has 1 amide bonds. The molecule has 1 aliphatic carbocycles. The van der Waals surface area contributed by atoms with Gasteiger partial charge in [-0.2, -0.15) is 0 Å². The Morgan fingerprint density at radius 1 is 1.38 bits per heavy atom. The minimum absolute atomic E-state index is 0.0450. The third-order valence-corrected chi connectivity index (χ3v) is 5.82. The lowest BCUT2D eigenvalue weighted by Crippen LogP contribution is -2.75. The van der Waals surface area contributed by atoms with Crippen molar-refractivity contribution in [3.05, 3.63) is 11.8 Å². The van der Waals surface area contributed by atoms with Crippen molar-refractivity contribution in [2.75, 3.05) is 26.3 Å². The van der Waals surface area contributed by atoms with E-state index >= 15 is 0 Å². The third kappa shape index (κ3) is 4.37. The highest BCUT2D eigenvalue weighted by atomic mass is 16.5. The first-order valence-electron chi connectivity index (χ1n) is 9.85. The topological polar surface area (TPSA) is 118 Å². The van der Waals surface area contributed by atoms with Crippen LogP contribution in [0.25, 0.3) is 0 Å². The maximum absolute atomic E-state index is 11.9. The fraction of sp³-hybridized carbons (Fsp3) is 0.833. The van der Waals surface area contributed by atoms with Crippen LogP contribution >= 0.6 is 0 Å². The van der Waals surface area contributed by atoms with Crippen LogP contribution in [0.2, 0.25) is 0 Å². The molecule has 2 fully saturated rings. The molecule has 2 saturated heterocycles. The third-order valence-electron chi connectivity index (χ3n) is 5.82. The average molecular weight is 367 g/mol. The van der Waals surface area contributed by atoms with Gasteiger partial charge in [-0.3, -0.25) is 20.7 Å². The number of nitrogens with two attached hydrogens (primary N) is 2. The summed E-state index contributed by atoms with van der Waals surface area (Å²) in [6.45, 7) is 7.87. The van der Waals surface area contributed by atoms with Gasteiger partial charge >= 0.3 is 0 Å². The van der Waals surface area contributed by atoms with E-state index in [0.29, 0.717) is 12.0 Å². The number of piperazine rings is 1. The van der Waals surface area contributed by atoms with E-state index in [9.17, 15) is 4.79 Å². The molecule has 3 aliphatic rings. The summed E-state index contributed by atoms with van der Waals surface area (Å²) < 4.78 is 5.46. The van der Waals surface area contributed by atoms with Crippen molar-refractivity contribution >= 4 is 5.91 Å². The van der Waals surface area contributed by atoms with Gasteiger partial charge in [-0.25, -0.2) is 0 Å². The van der Waals surface area contributed by atoms with Crippen LogP contribution in [-0.2, 0) is 9.53 Å². The summed E-state index contributed by atoms with van der Waals surface area (Å²) in [5.41, 5.74) is 13.2. The van der Waals surface area contributed by atoms with Crippen LogP contribution in [-0.4, -0.2) is 67.6 Å². The van der Waals surface area contributed by atoms with Crippen LogP contribution in [0, 0.1) is 5.92 Å². The highest BCUT2D eigenvalue weighted by Crippen LogP contribution is 2.28. The lowest BCUT2D eigenvalue weighted by atomic mass is 9.88. The Morgan fingerprint density at radius 2 is 2.12 bits per heavy atom. The van der Waals surface area contributed by atoms with Gasteiger partial charge in [0.05, 0.1) is 25.5 Å². The maximum Gasteiger partial charge on any atom is 0.237 e. The van der Waals surface area contributed by atoms with Crippen LogP contribution in [0.5, 0.6) is 0 Å². The molecule has 0 aromatic rings. The standard InChI is InChI=1S/C18H34N6O2/c1-3-13-16(19)23-18(15(22-13)17(20)25)21-12-4-5-14(11(2)10-12)24-6-8-26-9-7-24/h5,11-13,15-16,18,21-23H,3-4,6-10,19H2,1-2H3,(H2,20,25). The number of amides is 1. The number of carbonyl (C=O) groups excluding carboxylic acids is 1. The number of allylic oxidation sites excluding steroid dienone is 1. The summed E-state index contributed by atoms with van der Waals surface area (Å²) in [6.07, 6.45) is 4.69. The van der Waals surface area contributed by atoms with Gasteiger partial charge in [0.1, 0.15) is 6.04 Å². The number of carbonyl (C=O) groups is 1. The number of rotatable bonds is 5. The first-order chi connectivity index (χ1) is 12.5. The zero-order chi connectivity index (χ0) is 18.7. The lowest BCUT2D eigenvalue weighted by Gasteiger charge is -2.44. The Kier molecular flexibility index (Phi) is 6.52. The first-order valence-corrected chi connectivity index (χ1v) is 9.85. The average Bonchev–Trinajstić information content (AvgIpc) is 2.62. The van der Waals surface area contributed by atoms with Gasteiger partial charge in [0.25, 0.3) is 0 Å². The maximum atomic E-state index is 11.9. The van der Waals surface area contributed by atoms with E-state index in [1.807, 2.05) is 6.92 Å². The summed E-state index contributed by atoms with van der Waals surface area (Å²) in [7, 11) is 0. The molecule has 2 heterocycles. The van der Waals surface area contributed by atoms with E-state index in [2.05, 4.69) is 33.9 Å². The number of nitrogens with zero attached hydrogens (tertiary/aromatic N) is 1. The van der Waals surface area contributed by atoms with E-state index in [1.54, 1.807) is 0 Å². The monoisotopic (exact) mass is 366 g/mol. The Labute approximate surface area is 156 Å². The second-order valence-electron chi connectivity index (χ2n) is 7.70. The summed E-state index contributed by atoms with van der Waals surface area (Å²) in [6, 6.07) is -0.121. The zero-order valence-corrected chi connectivity index (χ0v) is 15.9. The summed E-state index contributed by atoms with van der Waals surface area (Å²) in [5.74, 6) is 0.119. The van der Waals surface area contributed by atoms with E-state index in [0.717, 1.165) is 45.6 Å². The number of ether oxygens (including phenoxy) is 1. The van der Waals surface area contributed by atoms with Gasteiger partial charge in [0, 0.05) is 30.9 Å². The molecule has 7 N–H and O–H groups in total. The van der Waals surface area contributed by atoms with Crippen molar-refractivity contribution in [3.63, 3.8) is 0 Å². The largest absolute Gasteiger partial charge is 0.378 e. The normalized spacial score (nSPS) is 38.7. The van der Waals surface area contributed by atoms with Gasteiger partial charge < -0.3 is 21.1 Å². The van der Waals surface area contributed by atoms with Crippen LogP contribution in [0.1, 0.15) is 33.1 Å². The highest BCUT2D eigenvalue weighted by Gasteiger charge is 2.38. The fourth-order valence-corrected chi connectivity index (χ4v) is 4.37. The molecule has 2 aliphatic heterocycles. The number of primary amides is 1. The molecule has 8 heteroatoms. The van der Waals surface area contributed by atoms with Gasteiger partial charge in [-0.1, -0.05) is 19.9 Å². The zero-order valence-electron chi connectivity index (χ0n) is 15.9. The van der Waals surface area contributed by atoms with Crippen molar-refractivity contribution < 1.29 is 9.53 Å². The van der Waals surface area contributed by atoms with Crippen LogP contribution in [0.4, 0.5) is 0 Å². The first kappa shape index (κ1) is 19.6. The molecule has 0 bridgehead atoms. The van der Waals surface area contributed by atoms with Gasteiger partial charge in [0.2, 0.25) is 5.91 Å². The quantitative estimate of drug-likeness (QED) is 0.425. The number of hydrogen-bond donors (Lipinski definition) is 5. The van der Waals surface area contributed by atoms with Crippen molar-refractivity contribution in [3.8, 4) is 0 Å². The fourth-order valence-electron chi connectivity index (χ4n) is 4.37. The van der Waals surface area contributed by atoms with E-state index in [1.165, 1.54) is 5.70 Å². The van der Waals surface area contributed by atoms with Crippen LogP contribution < -0.4 is 27.4 Å². The molecule has 0 spiro atoms. The molecule has 0 saturated carbocycles. The van der Waals surface area contributed by atoms with E-state index in [4.69, 9.17) is 16.2 Å². The predicted octanol–water partition coefficient (Wildman–Crippen LogP) is -0.973. The predicted molar refractivity (Wildman–Crippen MR) is 101 cm³/mol. The molecular weight excluding hydrogens is 332 g/mol.